The molecule has 0 aliphatic carbocycles. The van der Waals surface area contributed by atoms with Gasteiger partial charge in [0.1, 0.15) is 18.1 Å². The van der Waals surface area contributed by atoms with Gasteiger partial charge in [0.15, 0.2) is 0 Å². The summed E-state index contributed by atoms with van der Waals surface area (Å²) in [6.07, 6.45) is 3.40. The number of carbonyl (C=O) groups is 5. The lowest BCUT2D eigenvalue weighted by molar-refractivity contribution is -0.149. The van der Waals surface area contributed by atoms with Gasteiger partial charge in [-0.25, -0.2) is 9.78 Å². The van der Waals surface area contributed by atoms with Crippen LogP contribution in [0.3, 0.4) is 0 Å². The fourth-order valence-corrected chi connectivity index (χ4v) is 3.30. The molecular formula is C18H27N7O6. The van der Waals surface area contributed by atoms with Gasteiger partial charge in [-0.1, -0.05) is 0 Å². The molecular weight excluding hydrogens is 410 g/mol. The standard InChI is InChI=1S/C18H27N7O6/c1-9(23-16(28)11(19)5-10-7-21-8-22-10)15(27)24-12(6-14(20)26)17(29)25-4-2-3-13(25)18(30)31/h7-9,11-13H,2-6,19H2,1H3,(H2,20,26)(H,21,22)(H,23,28)(H,24,27)(H,30,31). The molecule has 1 fully saturated rings. The maximum Gasteiger partial charge on any atom is 0.326 e. The Bertz CT molecular complexity index is 827. The van der Waals surface area contributed by atoms with Crippen molar-refractivity contribution in [2.45, 2.75) is 56.8 Å². The van der Waals surface area contributed by atoms with Crippen LogP contribution in [-0.4, -0.2) is 80.3 Å². The molecule has 1 aliphatic rings. The lowest BCUT2D eigenvalue weighted by Crippen LogP contribution is -2.57. The number of hydrogen-bond acceptors (Lipinski definition) is 7. The summed E-state index contributed by atoms with van der Waals surface area (Å²) in [6, 6.07) is -4.39. The van der Waals surface area contributed by atoms with Gasteiger partial charge in [-0.3, -0.25) is 19.2 Å². The van der Waals surface area contributed by atoms with Crippen LogP contribution in [0.4, 0.5) is 0 Å². The Kier molecular flexibility index (Phi) is 8.07. The number of carboxylic acids is 1. The maximum atomic E-state index is 12.8. The Balaban J connectivity index is 1.98. The first-order chi connectivity index (χ1) is 14.6. The van der Waals surface area contributed by atoms with Crippen LogP contribution in [0.25, 0.3) is 0 Å². The Morgan fingerprint density at radius 1 is 1.29 bits per heavy atom. The maximum absolute atomic E-state index is 12.8. The number of rotatable bonds is 10. The number of nitrogens with one attached hydrogen (secondary N) is 3. The molecule has 1 aromatic rings. The van der Waals surface area contributed by atoms with E-state index in [2.05, 4.69) is 20.6 Å². The Labute approximate surface area is 177 Å². The molecule has 1 aromatic heterocycles. The number of imidazole rings is 1. The average molecular weight is 437 g/mol. The van der Waals surface area contributed by atoms with Crippen molar-refractivity contribution < 1.29 is 29.1 Å². The molecule has 0 spiro atoms. The molecule has 4 amide bonds. The average Bonchev–Trinajstić information content (AvgIpc) is 3.38. The molecule has 1 aliphatic heterocycles. The summed E-state index contributed by atoms with van der Waals surface area (Å²) >= 11 is 0. The highest BCUT2D eigenvalue weighted by atomic mass is 16.4. The number of carbonyl (C=O) groups excluding carboxylic acids is 4. The van der Waals surface area contributed by atoms with Gasteiger partial charge < -0.3 is 37.1 Å². The largest absolute Gasteiger partial charge is 0.480 e. The number of primary amides is 1. The number of hydrogen-bond donors (Lipinski definition) is 6. The lowest BCUT2D eigenvalue weighted by atomic mass is 10.1. The number of likely N-dealkylation sites (tertiary alicyclic amines) is 1. The van der Waals surface area contributed by atoms with E-state index < -0.39 is 60.2 Å². The van der Waals surface area contributed by atoms with Gasteiger partial charge in [0.2, 0.25) is 23.6 Å². The third-order valence-corrected chi connectivity index (χ3v) is 4.92. The third kappa shape index (κ3) is 6.50. The second-order valence-corrected chi connectivity index (χ2v) is 7.38. The van der Waals surface area contributed by atoms with Crippen LogP contribution in [0, 0.1) is 0 Å². The van der Waals surface area contributed by atoms with E-state index >= 15 is 0 Å². The smallest absolute Gasteiger partial charge is 0.326 e. The van der Waals surface area contributed by atoms with Crippen molar-refractivity contribution in [1.82, 2.24) is 25.5 Å². The number of aliphatic carboxylic acids is 1. The second-order valence-electron chi connectivity index (χ2n) is 7.38. The summed E-state index contributed by atoms with van der Waals surface area (Å²) in [6.45, 7) is 1.58. The molecule has 4 unspecified atom stereocenters. The molecule has 2 rings (SSSR count). The fraction of sp³-hybridized carbons (Fsp3) is 0.556. The van der Waals surface area contributed by atoms with Gasteiger partial charge in [0.05, 0.1) is 18.8 Å². The van der Waals surface area contributed by atoms with E-state index in [9.17, 15) is 29.1 Å². The number of aromatic nitrogens is 2. The van der Waals surface area contributed by atoms with Gasteiger partial charge in [-0.15, -0.1) is 0 Å². The molecule has 2 heterocycles. The number of nitrogens with two attached hydrogens (primary N) is 2. The first-order valence-corrected chi connectivity index (χ1v) is 9.75. The predicted octanol–water partition coefficient (Wildman–Crippen LogP) is -2.78. The minimum Gasteiger partial charge on any atom is -0.480 e. The van der Waals surface area contributed by atoms with Crippen LogP contribution in [0.5, 0.6) is 0 Å². The first-order valence-electron chi connectivity index (χ1n) is 9.75. The highest BCUT2D eigenvalue weighted by molar-refractivity contribution is 5.96. The molecule has 31 heavy (non-hydrogen) atoms. The van der Waals surface area contributed by atoms with Crippen LogP contribution in [0.1, 0.15) is 31.9 Å². The molecule has 4 atom stereocenters. The van der Waals surface area contributed by atoms with E-state index in [0.717, 1.165) is 4.90 Å². The van der Waals surface area contributed by atoms with Gasteiger partial charge in [0.25, 0.3) is 0 Å². The minimum absolute atomic E-state index is 0.175. The quantitative estimate of drug-likeness (QED) is 0.225. The van der Waals surface area contributed by atoms with Crippen LogP contribution < -0.4 is 22.1 Å². The number of carboxylic acid groups (broad SMARTS) is 1. The molecule has 0 radical (unpaired) electrons. The minimum atomic E-state index is -1.34. The van der Waals surface area contributed by atoms with Crippen LogP contribution in [-0.2, 0) is 30.4 Å². The molecule has 13 nitrogen and oxygen atoms in total. The number of amides is 4. The Morgan fingerprint density at radius 3 is 2.58 bits per heavy atom. The molecule has 170 valence electrons. The predicted molar refractivity (Wildman–Crippen MR) is 106 cm³/mol. The zero-order valence-electron chi connectivity index (χ0n) is 17.0. The summed E-state index contributed by atoms with van der Waals surface area (Å²) in [5.74, 6) is -4.07. The van der Waals surface area contributed by atoms with Crippen molar-refractivity contribution in [3.05, 3.63) is 18.2 Å². The SMILES string of the molecule is CC(NC(=O)C(N)Cc1cnc[nH]1)C(=O)NC(CC(N)=O)C(=O)N1CCCC1C(=O)O. The molecule has 0 saturated carbocycles. The summed E-state index contributed by atoms with van der Waals surface area (Å²) in [7, 11) is 0. The molecule has 8 N–H and O–H groups in total. The Morgan fingerprint density at radius 2 is 2.00 bits per heavy atom. The zero-order valence-corrected chi connectivity index (χ0v) is 17.0. The molecule has 0 aromatic carbocycles. The molecule has 0 bridgehead atoms. The van der Waals surface area contributed by atoms with E-state index in [4.69, 9.17) is 11.5 Å². The van der Waals surface area contributed by atoms with Gasteiger partial charge in [-0.2, -0.15) is 0 Å². The number of H-pyrrole nitrogens is 1. The van der Waals surface area contributed by atoms with Crippen molar-refractivity contribution in [3.8, 4) is 0 Å². The van der Waals surface area contributed by atoms with Crippen LogP contribution in [0.15, 0.2) is 12.5 Å². The number of aromatic amines is 1. The fourth-order valence-electron chi connectivity index (χ4n) is 3.30. The third-order valence-electron chi connectivity index (χ3n) is 4.92. The normalized spacial score (nSPS) is 18.6. The zero-order chi connectivity index (χ0) is 23.1. The van der Waals surface area contributed by atoms with Crippen molar-refractivity contribution >= 4 is 29.6 Å². The van der Waals surface area contributed by atoms with E-state index in [1.54, 1.807) is 0 Å². The summed E-state index contributed by atoms with van der Waals surface area (Å²) in [4.78, 5) is 68.1. The first kappa shape index (κ1) is 23.8. The van der Waals surface area contributed by atoms with Crippen LogP contribution >= 0.6 is 0 Å². The van der Waals surface area contributed by atoms with E-state index in [0.29, 0.717) is 12.1 Å². The number of nitrogens with zero attached hydrogens (tertiary/aromatic N) is 2. The van der Waals surface area contributed by atoms with Crippen molar-refractivity contribution in [2.75, 3.05) is 6.54 Å². The van der Waals surface area contributed by atoms with Gasteiger partial charge in [-0.05, 0) is 19.8 Å². The highest BCUT2D eigenvalue weighted by Crippen LogP contribution is 2.19. The Hall–Kier alpha value is -3.48. The van der Waals surface area contributed by atoms with Crippen LogP contribution in [0.2, 0.25) is 0 Å². The van der Waals surface area contributed by atoms with Gasteiger partial charge >= 0.3 is 5.97 Å². The van der Waals surface area contributed by atoms with Crippen molar-refractivity contribution in [1.29, 1.82) is 0 Å². The summed E-state index contributed by atoms with van der Waals surface area (Å²) in [5.41, 5.74) is 11.7. The monoisotopic (exact) mass is 437 g/mol. The lowest BCUT2D eigenvalue weighted by Gasteiger charge is -2.27. The summed E-state index contributed by atoms with van der Waals surface area (Å²) in [5, 5.41) is 14.1. The highest BCUT2D eigenvalue weighted by Gasteiger charge is 2.38. The second kappa shape index (κ2) is 10.5. The van der Waals surface area contributed by atoms with E-state index in [1.165, 1.54) is 19.4 Å². The van der Waals surface area contributed by atoms with E-state index in [-0.39, 0.29) is 19.4 Å². The van der Waals surface area contributed by atoms with Crippen molar-refractivity contribution in [3.63, 3.8) is 0 Å². The van der Waals surface area contributed by atoms with E-state index in [1.807, 2.05) is 0 Å². The molecule has 1 saturated heterocycles. The summed E-state index contributed by atoms with van der Waals surface area (Å²) < 4.78 is 0. The topological polar surface area (TPSA) is 214 Å². The van der Waals surface area contributed by atoms with Crippen molar-refractivity contribution in [2.24, 2.45) is 11.5 Å². The molecule has 13 heteroatoms. The van der Waals surface area contributed by atoms with Gasteiger partial charge in [0, 0.05) is 24.9 Å².